The topological polar surface area (TPSA) is 52.5 Å². The van der Waals surface area contributed by atoms with Crippen molar-refractivity contribution in [3.05, 3.63) is 29.3 Å². The molecule has 0 unspecified atom stereocenters. The Morgan fingerprint density at radius 1 is 1.38 bits per heavy atom. The predicted octanol–water partition coefficient (Wildman–Crippen LogP) is 0.783. The number of aromatic hydroxyl groups is 1. The highest BCUT2D eigenvalue weighted by atomic mass is 16.3. The van der Waals surface area contributed by atoms with Crippen LogP contribution in [-0.4, -0.2) is 23.4 Å². The Morgan fingerprint density at radius 3 is 2.85 bits per heavy atom. The van der Waals surface area contributed by atoms with Crippen LogP contribution < -0.4 is 5.32 Å². The van der Waals surface area contributed by atoms with Gasteiger partial charge in [-0.05, 0) is 12.5 Å². The first-order chi connectivity index (χ1) is 6.25. The van der Waals surface area contributed by atoms with E-state index in [4.69, 9.17) is 5.11 Å². The van der Waals surface area contributed by atoms with E-state index in [0.717, 1.165) is 11.1 Å². The van der Waals surface area contributed by atoms with E-state index in [1.807, 2.05) is 25.1 Å². The number of hydrogen-bond donors (Lipinski definition) is 3. The molecule has 0 bridgehead atoms. The Bertz CT molecular complexity index is 274. The van der Waals surface area contributed by atoms with Gasteiger partial charge in [0.1, 0.15) is 5.75 Å². The second kappa shape index (κ2) is 4.84. The van der Waals surface area contributed by atoms with E-state index in [9.17, 15) is 5.11 Å². The summed E-state index contributed by atoms with van der Waals surface area (Å²) in [6, 6.07) is 5.64. The van der Waals surface area contributed by atoms with Gasteiger partial charge in [-0.1, -0.05) is 18.2 Å². The Balaban J connectivity index is 2.61. The molecule has 0 fully saturated rings. The molecular weight excluding hydrogens is 166 g/mol. The molecule has 1 rings (SSSR count). The normalized spacial score (nSPS) is 10.3. The zero-order valence-electron chi connectivity index (χ0n) is 7.75. The first-order valence-electron chi connectivity index (χ1n) is 4.34. The van der Waals surface area contributed by atoms with E-state index in [1.54, 1.807) is 0 Å². The van der Waals surface area contributed by atoms with Crippen molar-refractivity contribution in [1.29, 1.82) is 0 Å². The number of aryl methyl sites for hydroxylation is 1. The summed E-state index contributed by atoms with van der Waals surface area (Å²) < 4.78 is 0. The molecule has 0 amide bonds. The van der Waals surface area contributed by atoms with Gasteiger partial charge in [-0.15, -0.1) is 0 Å². The molecule has 0 aromatic heterocycles. The summed E-state index contributed by atoms with van der Waals surface area (Å²) in [4.78, 5) is 0. The molecule has 0 aliphatic rings. The minimum Gasteiger partial charge on any atom is -0.507 e. The number of benzene rings is 1. The van der Waals surface area contributed by atoms with Gasteiger partial charge in [0.25, 0.3) is 0 Å². The van der Waals surface area contributed by atoms with Crippen molar-refractivity contribution in [2.45, 2.75) is 13.5 Å². The maximum Gasteiger partial charge on any atom is 0.122 e. The van der Waals surface area contributed by atoms with Crippen molar-refractivity contribution in [1.82, 2.24) is 5.32 Å². The fraction of sp³-hybridized carbons (Fsp3) is 0.400. The average Bonchev–Trinajstić information content (AvgIpc) is 2.13. The lowest BCUT2D eigenvalue weighted by molar-refractivity contribution is 0.291. The van der Waals surface area contributed by atoms with Crippen molar-refractivity contribution >= 4 is 0 Å². The molecule has 0 saturated heterocycles. The summed E-state index contributed by atoms with van der Waals surface area (Å²) in [5.41, 5.74) is 1.75. The first-order valence-corrected chi connectivity index (χ1v) is 4.34. The maximum absolute atomic E-state index is 9.59. The van der Waals surface area contributed by atoms with Crippen LogP contribution in [0.1, 0.15) is 11.1 Å². The second-order valence-electron chi connectivity index (χ2n) is 2.98. The van der Waals surface area contributed by atoms with E-state index in [0.29, 0.717) is 18.8 Å². The Kier molecular flexibility index (Phi) is 3.73. The highest BCUT2D eigenvalue weighted by Crippen LogP contribution is 2.20. The van der Waals surface area contributed by atoms with E-state index >= 15 is 0 Å². The third kappa shape index (κ3) is 2.72. The summed E-state index contributed by atoms with van der Waals surface area (Å²) >= 11 is 0. The minimum atomic E-state index is 0.118. The molecule has 0 spiro atoms. The van der Waals surface area contributed by atoms with Gasteiger partial charge >= 0.3 is 0 Å². The number of hydrogen-bond acceptors (Lipinski definition) is 3. The van der Waals surface area contributed by atoms with Crippen LogP contribution in [0.2, 0.25) is 0 Å². The van der Waals surface area contributed by atoms with Gasteiger partial charge in [-0.2, -0.15) is 0 Å². The quantitative estimate of drug-likeness (QED) is 0.602. The van der Waals surface area contributed by atoms with Gasteiger partial charge in [0.15, 0.2) is 0 Å². The van der Waals surface area contributed by atoms with Crippen molar-refractivity contribution in [3.8, 4) is 5.75 Å². The average molecular weight is 181 g/mol. The SMILES string of the molecule is Cc1cccc(CNCCO)c1O. The Morgan fingerprint density at radius 2 is 2.15 bits per heavy atom. The lowest BCUT2D eigenvalue weighted by Gasteiger charge is -2.07. The molecule has 1 aromatic carbocycles. The fourth-order valence-electron chi connectivity index (χ4n) is 1.16. The highest BCUT2D eigenvalue weighted by Gasteiger charge is 2.01. The van der Waals surface area contributed by atoms with Crippen LogP contribution in [0.5, 0.6) is 5.75 Å². The summed E-state index contributed by atoms with van der Waals surface area (Å²) in [5, 5.41) is 21.1. The third-order valence-corrected chi connectivity index (χ3v) is 1.93. The smallest absolute Gasteiger partial charge is 0.122 e. The van der Waals surface area contributed by atoms with Crippen LogP contribution in [0.4, 0.5) is 0 Å². The van der Waals surface area contributed by atoms with Crippen LogP contribution in [-0.2, 0) is 6.54 Å². The monoisotopic (exact) mass is 181 g/mol. The molecule has 13 heavy (non-hydrogen) atoms. The number of phenolic OH excluding ortho intramolecular Hbond substituents is 1. The van der Waals surface area contributed by atoms with Crippen LogP contribution in [0.15, 0.2) is 18.2 Å². The number of nitrogens with one attached hydrogen (secondary N) is 1. The van der Waals surface area contributed by atoms with Crippen LogP contribution >= 0.6 is 0 Å². The molecule has 0 aliphatic heterocycles. The van der Waals surface area contributed by atoms with E-state index in [1.165, 1.54) is 0 Å². The van der Waals surface area contributed by atoms with Gasteiger partial charge in [-0.25, -0.2) is 0 Å². The standard InChI is InChI=1S/C10H15NO2/c1-8-3-2-4-9(10(8)13)7-11-5-6-12/h2-4,11-13H,5-7H2,1H3. The molecule has 3 N–H and O–H groups in total. The van der Waals surface area contributed by atoms with Crippen LogP contribution in [0.3, 0.4) is 0 Å². The molecule has 0 aliphatic carbocycles. The van der Waals surface area contributed by atoms with Gasteiger partial charge in [0.05, 0.1) is 6.61 Å². The van der Waals surface area contributed by atoms with E-state index < -0.39 is 0 Å². The first kappa shape index (κ1) is 10.0. The van der Waals surface area contributed by atoms with Crippen LogP contribution in [0, 0.1) is 6.92 Å². The molecular formula is C10H15NO2. The molecule has 0 atom stereocenters. The maximum atomic E-state index is 9.59. The van der Waals surface area contributed by atoms with Gasteiger partial charge in [-0.3, -0.25) is 0 Å². The molecule has 72 valence electrons. The number of rotatable bonds is 4. The van der Waals surface area contributed by atoms with Crippen molar-refractivity contribution in [2.75, 3.05) is 13.2 Å². The molecule has 3 heteroatoms. The summed E-state index contributed by atoms with van der Waals surface area (Å²) in [7, 11) is 0. The number of aliphatic hydroxyl groups excluding tert-OH is 1. The molecule has 3 nitrogen and oxygen atoms in total. The molecule has 0 radical (unpaired) electrons. The van der Waals surface area contributed by atoms with Crippen molar-refractivity contribution < 1.29 is 10.2 Å². The van der Waals surface area contributed by atoms with Gasteiger partial charge < -0.3 is 15.5 Å². The number of para-hydroxylation sites is 1. The highest BCUT2D eigenvalue weighted by molar-refractivity contribution is 5.39. The molecule has 0 heterocycles. The summed E-state index contributed by atoms with van der Waals surface area (Å²) in [6.45, 7) is 3.12. The van der Waals surface area contributed by atoms with Crippen molar-refractivity contribution in [2.24, 2.45) is 0 Å². The largest absolute Gasteiger partial charge is 0.507 e. The Labute approximate surface area is 78.0 Å². The lowest BCUT2D eigenvalue weighted by atomic mass is 10.1. The predicted molar refractivity (Wildman–Crippen MR) is 51.6 cm³/mol. The Hall–Kier alpha value is -1.06. The van der Waals surface area contributed by atoms with Gasteiger partial charge in [0.2, 0.25) is 0 Å². The minimum absolute atomic E-state index is 0.118. The van der Waals surface area contributed by atoms with E-state index in [-0.39, 0.29) is 6.61 Å². The van der Waals surface area contributed by atoms with Crippen LogP contribution in [0.25, 0.3) is 0 Å². The zero-order valence-corrected chi connectivity index (χ0v) is 7.75. The number of phenols is 1. The summed E-state index contributed by atoms with van der Waals surface area (Å²) in [6.07, 6.45) is 0. The third-order valence-electron chi connectivity index (χ3n) is 1.93. The second-order valence-corrected chi connectivity index (χ2v) is 2.98. The summed E-state index contributed by atoms with van der Waals surface area (Å²) in [5.74, 6) is 0.341. The lowest BCUT2D eigenvalue weighted by Crippen LogP contribution is -2.17. The number of aliphatic hydroxyl groups is 1. The fourth-order valence-corrected chi connectivity index (χ4v) is 1.16. The molecule has 1 aromatic rings. The zero-order chi connectivity index (χ0) is 9.68. The van der Waals surface area contributed by atoms with Gasteiger partial charge in [0, 0.05) is 18.7 Å². The van der Waals surface area contributed by atoms with E-state index in [2.05, 4.69) is 5.32 Å². The van der Waals surface area contributed by atoms with Crippen molar-refractivity contribution in [3.63, 3.8) is 0 Å². The molecule has 0 saturated carbocycles.